The molecule has 1 saturated heterocycles. The van der Waals surface area contributed by atoms with Gasteiger partial charge in [-0.3, -0.25) is 9.88 Å². The lowest BCUT2D eigenvalue weighted by atomic mass is 10.1. The fraction of sp³-hybridized carbons (Fsp3) is 0.692. The van der Waals surface area contributed by atoms with E-state index in [1.807, 2.05) is 0 Å². The Morgan fingerprint density at radius 1 is 1.29 bits per heavy atom. The summed E-state index contributed by atoms with van der Waals surface area (Å²) in [7, 11) is 0. The standard InChI is InChI=1S/C13H22N4/c1-2-12-6-4-3-5-7-17(12)10-11-8-16-13(14)9-15-11/h8-9,12H,2-7,10H2,1H3,(H2,14,16). The summed E-state index contributed by atoms with van der Waals surface area (Å²) in [5, 5.41) is 0. The van der Waals surface area contributed by atoms with Crippen molar-refractivity contribution in [2.45, 2.75) is 51.6 Å². The third-order valence-electron chi connectivity index (χ3n) is 3.56. The van der Waals surface area contributed by atoms with Crippen LogP contribution in [0.1, 0.15) is 44.7 Å². The predicted octanol–water partition coefficient (Wildman–Crippen LogP) is 2.21. The summed E-state index contributed by atoms with van der Waals surface area (Å²) in [6, 6.07) is 0.705. The number of nitrogens with zero attached hydrogens (tertiary/aromatic N) is 3. The molecule has 2 heterocycles. The molecule has 1 aromatic rings. The van der Waals surface area contributed by atoms with E-state index in [0.717, 1.165) is 12.2 Å². The summed E-state index contributed by atoms with van der Waals surface area (Å²) in [6.07, 6.45) is 10.0. The van der Waals surface area contributed by atoms with Gasteiger partial charge in [0.2, 0.25) is 0 Å². The van der Waals surface area contributed by atoms with E-state index in [1.165, 1.54) is 38.6 Å². The molecule has 0 amide bonds. The van der Waals surface area contributed by atoms with E-state index in [0.29, 0.717) is 11.9 Å². The van der Waals surface area contributed by atoms with Crippen LogP contribution in [0.2, 0.25) is 0 Å². The number of nitrogens with two attached hydrogens (primary N) is 1. The van der Waals surface area contributed by atoms with Gasteiger partial charge in [-0.05, 0) is 25.8 Å². The van der Waals surface area contributed by atoms with Crippen LogP contribution in [0.3, 0.4) is 0 Å². The first-order valence-corrected chi connectivity index (χ1v) is 6.60. The van der Waals surface area contributed by atoms with Crippen molar-refractivity contribution in [2.75, 3.05) is 12.3 Å². The topological polar surface area (TPSA) is 55.0 Å². The Bertz CT molecular complexity index is 336. The Balaban J connectivity index is 2.01. The molecule has 0 aliphatic carbocycles. The number of rotatable bonds is 3. The van der Waals surface area contributed by atoms with E-state index in [9.17, 15) is 0 Å². The minimum Gasteiger partial charge on any atom is -0.382 e. The molecule has 1 aromatic heterocycles. The van der Waals surface area contributed by atoms with Gasteiger partial charge < -0.3 is 5.73 Å². The average Bonchev–Trinajstić information content (AvgIpc) is 2.57. The lowest BCUT2D eigenvalue weighted by Gasteiger charge is -2.28. The number of nitrogen functional groups attached to an aromatic ring is 1. The zero-order valence-electron chi connectivity index (χ0n) is 10.6. The number of hydrogen-bond donors (Lipinski definition) is 1. The van der Waals surface area contributed by atoms with Crippen LogP contribution in [-0.4, -0.2) is 27.5 Å². The highest BCUT2D eigenvalue weighted by atomic mass is 15.2. The average molecular weight is 234 g/mol. The fourth-order valence-electron chi connectivity index (χ4n) is 2.56. The van der Waals surface area contributed by atoms with Gasteiger partial charge in [0, 0.05) is 12.6 Å². The second-order valence-corrected chi connectivity index (χ2v) is 4.81. The van der Waals surface area contributed by atoms with E-state index in [2.05, 4.69) is 21.8 Å². The minimum absolute atomic E-state index is 0.497. The molecule has 1 unspecified atom stereocenters. The van der Waals surface area contributed by atoms with Crippen LogP contribution in [0.4, 0.5) is 5.82 Å². The van der Waals surface area contributed by atoms with Crippen molar-refractivity contribution in [1.29, 1.82) is 0 Å². The lowest BCUT2D eigenvalue weighted by Crippen LogP contribution is -2.34. The maximum Gasteiger partial charge on any atom is 0.141 e. The summed E-state index contributed by atoms with van der Waals surface area (Å²) < 4.78 is 0. The van der Waals surface area contributed by atoms with Crippen LogP contribution in [0.15, 0.2) is 12.4 Å². The maximum atomic E-state index is 5.55. The molecule has 17 heavy (non-hydrogen) atoms. The highest BCUT2D eigenvalue weighted by Gasteiger charge is 2.19. The van der Waals surface area contributed by atoms with Crippen molar-refractivity contribution >= 4 is 5.82 Å². The number of anilines is 1. The smallest absolute Gasteiger partial charge is 0.141 e. The van der Waals surface area contributed by atoms with Crippen molar-refractivity contribution in [3.05, 3.63) is 18.1 Å². The Morgan fingerprint density at radius 3 is 2.88 bits per heavy atom. The lowest BCUT2D eigenvalue weighted by molar-refractivity contribution is 0.184. The van der Waals surface area contributed by atoms with Crippen LogP contribution in [0.5, 0.6) is 0 Å². The van der Waals surface area contributed by atoms with Crippen molar-refractivity contribution in [3.8, 4) is 0 Å². The Morgan fingerprint density at radius 2 is 2.18 bits per heavy atom. The molecule has 2 N–H and O–H groups in total. The molecule has 1 atom stereocenters. The molecule has 94 valence electrons. The molecule has 1 aliphatic heterocycles. The zero-order chi connectivity index (χ0) is 12.1. The van der Waals surface area contributed by atoms with Gasteiger partial charge >= 0.3 is 0 Å². The molecular formula is C13H22N4. The quantitative estimate of drug-likeness (QED) is 0.871. The van der Waals surface area contributed by atoms with Crippen molar-refractivity contribution in [3.63, 3.8) is 0 Å². The first-order chi connectivity index (χ1) is 8.29. The molecule has 1 aliphatic rings. The van der Waals surface area contributed by atoms with Gasteiger partial charge in [-0.1, -0.05) is 19.8 Å². The number of aromatic nitrogens is 2. The number of hydrogen-bond acceptors (Lipinski definition) is 4. The molecule has 0 spiro atoms. The SMILES string of the molecule is CCC1CCCCCN1Cc1cnc(N)cn1. The molecule has 1 fully saturated rings. The minimum atomic E-state index is 0.497. The third kappa shape index (κ3) is 3.40. The summed E-state index contributed by atoms with van der Waals surface area (Å²) in [6.45, 7) is 4.37. The highest BCUT2D eigenvalue weighted by molar-refractivity contribution is 5.22. The van der Waals surface area contributed by atoms with Gasteiger partial charge in [0.1, 0.15) is 5.82 Å². The molecule has 0 saturated carbocycles. The van der Waals surface area contributed by atoms with E-state index < -0.39 is 0 Å². The fourth-order valence-corrected chi connectivity index (χ4v) is 2.56. The van der Waals surface area contributed by atoms with Crippen LogP contribution in [-0.2, 0) is 6.54 Å². The highest BCUT2D eigenvalue weighted by Crippen LogP contribution is 2.20. The second-order valence-electron chi connectivity index (χ2n) is 4.81. The molecule has 4 heteroatoms. The molecule has 0 radical (unpaired) electrons. The van der Waals surface area contributed by atoms with Crippen molar-refractivity contribution in [2.24, 2.45) is 0 Å². The molecule has 2 rings (SSSR count). The van der Waals surface area contributed by atoms with Crippen molar-refractivity contribution < 1.29 is 0 Å². The van der Waals surface area contributed by atoms with E-state index in [-0.39, 0.29) is 0 Å². The van der Waals surface area contributed by atoms with Crippen LogP contribution in [0, 0.1) is 0 Å². The van der Waals surface area contributed by atoms with Crippen LogP contribution >= 0.6 is 0 Å². The largest absolute Gasteiger partial charge is 0.382 e. The Kier molecular flexibility index (Phi) is 4.31. The van der Waals surface area contributed by atoms with Crippen molar-refractivity contribution in [1.82, 2.24) is 14.9 Å². The van der Waals surface area contributed by atoms with Crippen LogP contribution < -0.4 is 5.73 Å². The Hall–Kier alpha value is -1.16. The van der Waals surface area contributed by atoms with E-state index in [4.69, 9.17) is 5.73 Å². The first kappa shape index (κ1) is 12.3. The number of likely N-dealkylation sites (tertiary alicyclic amines) is 1. The molecule has 0 bridgehead atoms. The van der Waals surface area contributed by atoms with Gasteiger partial charge in [0.15, 0.2) is 0 Å². The predicted molar refractivity (Wildman–Crippen MR) is 69.4 cm³/mol. The van der Waals surface area contributed by atoms with Gasteiger partial charge in [0.25, 0.3) is 0 Å². The van der Waals surface area contributed by atoms with Gasteiger partial charge in [-0.15, -0.1) is 0 Å². The normalized spacial score (nSPS) is 22.3. The van der Waals surface area contributed by atoms with Crippen LogP contribution in [0.25, 0.3) is 0 Å². The molecule has 4 nitrogen and oxygen atoms in total. The maximum absolute atomic E-state index is 5.55. The summed E-state index contributed by atoms with van der Waals surface area (Å²) >= 11 is 0. The zero-order valence-corrected chi connectivity index (χ0v) is 10.6. The Labute approximate surface area is 103 Å². The third-order valence-corrected chi connectivity index (χ3v) is 3.56. The van der Waals surface area contributed by atoms with E-state index >= 15 is 0 Å². The molecular weight excluding hydrogens is 212 g/mol. The van der Waals surface area contributed by atoms with Gasteiger partial charge in [-0.25, -0.2) is 4.98 Å². The van der Waals surface area contributed by atoms with Gasteiger partial charge in [-0.2, -0.15) is 0 Å². The van der Waals surface area contributed by atoms with Gasteiger partial charge in [0.05, 0.1) is 18.1 Å². The van der Waals surface area contributed by atoms with E-state index in [1.54, 1.807) is 12.4 Å². The summed E-state index contributed by atoms with van der Waals surface area (Å²) in [5.74, 6) is 0.497. The summed E-state index contributed by atoms with van der Waals surface area (Å²) in [4.78, 5) is 11.0. The second kappa shape index (κ2) is 5.96. The molecule has 0 aromatic carbocycles. The monoisotopic (exact) mass is 234 g/mol. The first-order valence-electron chi connectivity index (χ1n) is 6.60. The summed E-state index contributed by atoms with van der Waals surface area (Å²) in [5.41, 5.74) is 6.58.